The first-order valence-corrected chi connectivity index (χ1v) is 9.63. The lowest BCUT2D eigenvalue weighted by Crippen LogP contribution is -2.45. The van der Waals surface area contributed by atoms with E-state index < -0.39 is 11.7 Å². The van der Waals surface area contributed by atoms with E-state index in [0.717, 1.165) is 25.0 Å². The normalized spacial score (nSPS) is 17.2. The minimum atomic E-state index is -4.35. The zero-order valence-electron chi connectivity index (χ0n) is 15.6. The highest BCUT2D eigenvalue weighted by Gasteiger charge is 2.30. The molecule has 1 aliphatic heterocycles. The van der Waals surface area contributed by atoms with Gasteiger partial charge in [0, 0.05) is 18.1 Å². The summed E-state index contributed by atoms with van der Waals surface area (Å²) >= 11 is 5.82. The Kier molecular flexibility index (Phi) is 7.03. The molecule has 29 heavy (non-hydrogen) atoms. The fourth-order valence-corrected chi connectivity index (χ4v) is 3.20. The number of halogens is 4. The van der Waals surface area contributed by atoms with Gasteiger partial charge in [-0.15, -0.1) is 0 Å². The Morgan fingerprint density at radius 2 is 1.79 bits per heavy atom. The molecule has 0 saturated carbocycles. The van der Waals surface area contributed by atoms with Crippen molar-refractivity contribution >= 4 is 17.5 Å². The molecule has 1 heterocycles. The van der Waals surface area contributed by atoms with Crippen LogP contribution in [-0.2, 0) is 22.3 Å². The van der Waals surface area contributed by atoms with Crippen molar-refractivity contribution in [1.82, 2.24) is 4.90 Å². The van der Waals surface area contributed by atoms with Crippen LogP contribution in [0.5, 0.6) is 5.75 Å². The minimum Gasteiger partial charge on any atom is -0.484 e. The van der Waals surface area contributed by atoms with Crippen LogP contribution in [0.1, 0.15) is 24.0 Å². The third-order valence-corrected chi connectivity index (χ3v) is 4.93. The van der Waals surface area contributed by atoms with Crippen LogP contribution in [0, 0.1) is 0 Å². The van der Waals surface area contributed by atoms with Gasteiger partial charge in [-0.2, -0.15) is 13.2 Å². The summed E-state index contributed by atoms with van der Waals surface area (Å²) in [4.78, 5) is 14.1. The first kappa shape index (κ1) is 21.5. The van der Waals surface area contributed by atoms with E-state index in [1.165, 1.54) is 12.1 Å². The fraction of sp³-hybridized carbons (Fsp3) is 0.381. The standard InChI is InChI=1S/C21H21ClF3NO3/c22-17-7-9-18(10-8-17)29-14-20(27)26-11-1-2-19(12-26)28-13-15-3-5-16(6-4-15)21(23,24)25/h3-10,19H,1-2,11-14H2/t19-/m0/s1. The van der Waals surface area contributed by atoms with Gasteiger partial charge in [-0.3, -0.25) is 4.79 Å². The van der Waals surface area contributed by atoms with Crippen LogP contribution in [-0.4, -0.2) is 36.6 Å². The third kappa shape index (κ3) is 6.37. The molecular formula is C21H21ClF3NO3. The molecule has 2 aromatic carbocycles. The predicted octanol–water partition coefficient (Wildman–Crippen LogP) is 4.95. The third-order valence-electron chi connectivity index (χ3n) is 4.67. The summed E-state index contributed by atoms with van der Waals surface area (Å²) in [7, 11) is 0. The number of amides is 1. The number of rotatable bonds is 6. The fourth-order valence-electron chi connectivity index (χ4n) is 3.07. The van der Waals surface area contributed by atoms with Crippen molar-refractivity contribution in [3.63, 3.8) is 0 Å². The molecule has 1 aliphatic rings. The zero-order chi connectivity index (χ0) is 20.9. The van der Waals surface area contributed by atoms with Crippen molar-refractivity contribution in [3.05, 3.63) is 64.7 Å². The average molecular weight is 428 g/mol. The minimum absolute atomic E-state index is 0.0761. The van der Waals surface area contributed by atoms with E-state index in [1.807, 2.05) is 0 Å². The second-order valence-electron chi connectivity index (χ2n) is 6.85. The van der Waals surface area contributed by atoms with Gasteiger partial charge in [0.1, 0.15) is 5.75 Å². The summed E-state index contributed by atoms with van der Waals surface area (Å²) < 4.78 is 49.2. The van der Waals surface area contributed by atoms with Gasteiger partial charge in [-0.1, -0.05) is 23.7 Å². The lowest BCUT2D eigenvalue weighted by atomic mass is 10.1. The van der Waals surface area contributed by atoms with Crippen LogP contribution in [0.4, 0.5) is 13.2 Å². The van der Waals surface area contributed by atoms with E-state index in [4.69, 9.17) is 21.1 Å². The summed E-state index contributed by atoms with van der Waals surface area (Å²) in [5.41, 5.74) is -0.0242. The maximum Gasteiger partial charge on any atom is 0.416 e. The van der Waals surface area contributed by atoms with Gasteiger partial charge < -0.3 is 14.4 Å². The SMILES string of the molecule is O=C(COc1ccc(Cl)cc1)N1CCC[C@H](OCc2ccc(C(F)(F)F)cc2)C1. The number of hydrogen-bond donors (Lipinski definition) is 0. The lowest BCUT2D eigenvalue weighted by Gasteiger charge is -2.32. The van der Waals surface area contributed by atoms with Crippen molar-refractivity contribution in [2.24, 2.45) is 0 Å². The number of likely N-dealkylation sites (tertiary alicyclic amines) is 1. The Labute approximate surface area is 172 Å². The molecule has 2 aromatic rings. The topological polar surface area (TPSA) is 38.8 Å². The Balaban J connectivity index is 1.46. The molecule has 0 aliphatic carbocycles. The van der Waals surface area contributed by atoms with Crippen molar-refractivity contribution in [2.75, 3.05) is 19.7 Å². The molecule has 0 bridgehead atoms. The Morgan fingerprint density at radius 1 is 1.10 bits per heavy atom. The lowest BCUT2D eigenvalue weighted by molar-refractivity contribution is -0.138. The average Bonchev–Trinajstić information content (AvgIpc) is 2.71. The molecule has 156 valence electrons. The van der Waals surface area contributed by atoms with Crippen LogP contribution in [0.25, 0.3) is 0 Å². The highest BCUT2D eigenvalue weighted by Crippen LogP contribution is 2.29. The molecule has 0 unspecified atom stereocenters. The van der Waals surface area contributed by atoms with Crippen molar-refractivity contribution in [2.45, 2.75) is 31.7 Å². The van der Waals surface area contributed by atoms with Crippen LogP contribution < -0.4 is 4.74 Å². The Morgan fingerprint density at radius 3 is 2.45 bits per heavy atom. The molecule has 8 heteroatoms. The second-order valence-corrected chi connectivity index (χ2v) is 7.29. The number of hydrogen-bond acceptors (Lipinski definition) is 3. The zero-order valence-corrected chi connectivity index (χ0v) is 16.4. The van der Waals surface area contributed by atoms with E-state index in [0.29, 0.717) is 29.4 Å². The quantitative estimate of drug-likeness (QED) is 0.655. The number of nitrogens with zero attached hydrogens (tertiary/aromatic N) is 1. The molecule has 1 saturated heterocycles. The Bertz CT molecular complexity index is 809. The van der Waals surface area contributed by atoms with E-state index in [-0.39, 0.29) is 25.2 Å². The van der Waals surface area contributed by atoms with Gasteiger partial charge in [0.15, 0.2) is 6.61 Å². The van der Waals surface area contributed by atoms with E-state index in [2.05, 4.69) is 0 Å². The largest absolute Gasteiger partial charge is 0.484 e. The summed E-state index contributed by atoms with van der Waals surface area (Å²) in [6.07, 6.45) is -2.92. The highest BCUT2D eigenvalue weighted by atomic mass is 35.5. The number of alkyl halides is 3. The first-order chi connectivity index (χ1) is 13.8. The van der Waals surface area contributed by atoms with E-state index >= 15 is 0 Å². The van der Waals surface area contributed by atoms with E-state index in [1.54, 1.807) is 29.2 Å². The summed E-state index contributed by atoms with van der Waals surface area (Å²) in [5, 5.41) is 0.591. The molecule has 1 amide bonds. The van der Waals surface area contributed by atoms with Gasteiger partial charge in [-0.25, -0.2) is 0 Å². The van der Waals surface area contributed by atoms with Gasteiger partial charge in [0.05, 0.1) is 18.3 Å². The summed E-state index contributed by atoms with van der Waals surface area (Å²) in [5.74, 6) is 0.428. The molecule has 0 N–H and O–H groups in total. The van der Waals surface area contributed by atoms with Gasteiger partial charge in [0.2, 0.25) is 0 Å². The molecular weight excluding hydrogens is 407 g/mol. The van der Waals surface area contributed by atoms with Gasteiger partial charge in [0.25, 0.3) is 5.91 Å². The number of ether oxygens (including phenoxy) is 2. The number of piperidine rings is 1. The van der Waals surface area contributed by atoms with Crippen molar-refractivity contribution < 1.29 is 27.4 Å². The summed E-state index contributed by atoms with van der Waals surface area (Å²) in [6.45, 7) is 1.19. The maximum absolute atomic E-state index is 12.6. The van der Waals surface area contributed by atoms with Crippen molar-refractivity contribution in [1.29, 1.82) is 0 Å². The summed E-state index contributed by atoms with van der Waals surface area (Å²) in [6, 6.07) is 11.7. The van der Waals surface area contributed by atoms with Crippen LogP contribution in [0.15, 0.2) is 48.5 Å². The first-order valence-electron chi connectivity index (χ1n) is 9.25. The molecule has 1 atom stereocenters. The second kappa shape index (κ2) is 9.50. The maximum atomic E-state index is 12.6. The predicted molar refractivity (Wildman–Crippen MR) is 103 cm³/mol. The Hall–Kier alpha value is -2.25. The van der Waals surface area contributed by atoms with Crippen molar-refractivity contribution in [3.8, 4) is 5.75 Å². The van der Waals surface area contributed by atoms with Crippen LogP contribution in [0.2, 0.25) is 5.02 Å². The highest BCUT2D eigenvalue weighted by molar-refractivity contribution is 6.30. The van der Waals surface area contributed by atoms with Crippen LogP contribution >= 0.6 is 11.6 Å². The van der Waals surface area contributed by atoms with Gasteiger partial charge >= 0.3 is 6.18 Å². The molecule has 0 spiro atoms. The number of carbonyl (C=O) groups is 1. The number of carbonyl (C=O) groups excluding carboxylic acids is 1. The molecule has 4 nitrogen and oxygen atoms in total. The number of benzene rings is 2. The van der Waals surface area contributed by atoms with Gasteiger partial charge in [-0.05, 0) is 54.8 Å². The molecule has 1 fully saturated rings. The van der Waals surface area contributed by atoms with E-state index in [9.17, 15) is 18.0 Å². The van der Waals surface area contributed by atoms with Crippen LogP contribution in [0.3, 0.4) is 0 Å². The monoisotopic (exact) mass is 427 g/mol. The molecule has 0 radical (unpaired) electrons. The molecule has 0 aromatic heterocycles. The smallest absolute Gasteiger partial charge is 0.416 e. The molecule has 3 rings (SSSR count).